The molecule has 0 saturated heterocycles. The number of benzene rings is 1. The van der Waals surface area contributed by atoms with E-state index < -0.39 is 5.60 Å². The molecule has 1 aromatic heterocycles. The van der Waals surface area contributed by atoms with Gasteiger partial charge in [-0.25, -0.2) is 0 Å². The maximum absolute atomic E-state index is 11.5. The molecule has 1 aliphatic heterocycles. The van der Waals surface area contributed by atoms with Gasteiger partial charge in [-0.3, -0.25) is 5.21 Å². The van der Waals surface area contributed by atoms with Crippen LogP contribution < -0.4 is 9.47 Å². The number of halogens is 1. The van der Waals surface area contributed by atoms with Gasteiger partial charge in [-0.2, -0.15) is 0 Å². The normalized spacial score (nSPS) is 23.3. The van der Waals surface area contributed by atoms with Crippen LogP contribution in [-0.4, -0.2) is 16.9 Å². The van der Waals surface area contributed by atoms with Crippen LogP contribution in [0.4, 0.5) is 0 Å². The molecule has 0 aliphatic carbocycles. The lowest BCUT2D eigenvalue weighted by Crippen LogP contribution is -2.46. The highest BCUT2D eigenvalue weighted by atomic mass is 79.9. The van der Waals surface area contributed by atoms with Crippen LogP contribution in [0.25, 0.3) is 0 Å². The van der Waals surface area contributed by atoms with E-state index >= 15 is 0 Å². The van der Waals surface area contributed by atoms with Crippen LogP contribution in [0, 0.1) is 5.41 Å². The van der Waals surface area contributed by atoms with E-state index in [0.717, 1.165) is 9.20 Å². The van der Waals surface area contributed by atoms with Crippen molar-refractivity contribution in [3.63, 3.8) is 0 Å². The van der Waals surface area contributed by atoms with Crippen molar-refractivity contribution in [2.45, 2.75) is 25.9 Å². The fourth-order valence-corrected chi connectivity index (χ4v) is 3.40. The molecule has 0 saturated carbocycles. The number of fused-ring (bicyclic) bond motifs is 1. The first kappa shape index (κ1) is 15.3. The molecule has 2 aromatic rings. The predicted octanol–water partition coefficient (Wildman–Crippen LogP) is 3.02. The average molecular weight is 365 g/mol. The topological polar surface area (TPSA) is 53.6 Å². The Kier molecular flexibility index (Phi) is 3.65. The van der Waals surface area contributed by atoms with Gasteiger partial charge >= 0.3 is 0 Å². The maximum Gasteiger partial charge on any atom is 0.270 e. The SMILES string of the molecule is CC1(C)COc2cc(Br)ccc2C(O)(c2cccc[n+]2O)C1. The molecule has 5 heteroatoms. The highest BCUT2D eigenvalue weighted by Crippen LogP contribution is 2.46. The Morgan fingerprint density at radius 2 is 2.00 bits per heavy atom. The highest BCUT2D eigenvalue weighted by Gasteiger charge is 2.48. The summed E-state index contributed by atoms with van der Waals surface area (Å²) in [6, 6.07) is 10.8. The van der Waals surface area contributed by atoms with Gasteiger partial charge < -0.3 is 9.84 Å². The number of pyridine rings is 1. The van der Waals surface area contributed by atoms with Crippen LogP contribution in [0.15, 0.2) is 47.1 Å². The third-order valence-electron chi connectivity index (χ3n) is 4.01. The summed E-state index contributed by atoms with van der Waals surface area (Å²) in [5.41, 5.74) is -0.484. The molecular weight excluding hydrogens is 346 g/mol. The Bertz CT molecular complexity index is 717. The summed E-state index contributed by atoms with van der Waals surface area (Å²) < 4.78 is 7.79. The number of aromatic nitrogens is 1. The van der Waals surface area contributed by atoms with Crippen LogP contribution in [0.1, 0.15) is 31.5 Å². The lowest BCUT2D eigenvalue weighted by atomic mass is 9.76. The van der Waals surface area contributed by atoms with E-state index in [1.165, 1.54) is 6.20 Å². The minimum Gasteiger partial charge on any atom is -0.493 e. The van der Waals surface area contributed by atoms with Gasteiger partial charge in [0.15, 0.2) is 5.60 Å². The van der Waals surface area contributed by atoms with Crippen molar-refractivity contribution < 1.29 is 19.8 Å². The number of nitrogens with zero attached hydrogens (tertiary/aromatic N) is 1. The smallest absolute Gasteiger partial charge is 0.270 e. The molecule has 116 valence electrons. The van der Waals surface area contributed by atoms with E-state index in [-0.39, 0.29) is 5.41 Å². The lowest BCUT2D eigenvalue weighted by molar-refractivity contribution is -0.912. The number of aliphatic hydroxyl groups is 1. The molecule has 1 atom stereocenters. The quantitative estimate of drug-likeness (QED) is 0.604. The molecule has 1 aliphatic rings. The zero-order valence-electron chi connectivity index (χ0n) is 12.6. The third-order valence-corrected chi connectivity index (χ3v) is 4.50. The standard InChI is InChI=1S/C17H19BrNO3/c1-16(2)10-17(20,15-5-3-4-8-19(15)21)13-7-6-12(18)9-14(13)22-11-16/h3-9,20-21H,10-11H2,1-2H3/q+1. The molecule has 0 fully saturated rings. The number of ether oxygens (including phenoxy) is 1. The van der Waals surface area contributed by atoms with Gasteiger partial charge in [0.05, 0.1) is 6.61 Å². The minimum absolute atomic E-state index is 0.247. The van der Waals surface area contributed by atoms with Gasteiger partial charge in [0.2, 0.25) is 6.20 Å². The second kappa shape index (κ2) is 5.25. The highest BCUT2D eigenvalue weighted by molar-refractivity contribution is 9.10. The molecular formula is C17H19BrNO3+. The van der Waals surface area contributed by atoms with Crippen molar-refractivity contribution in [1.82, 2.24) is 0 Å². The summed E-state index contributed by atoms with van der Waals surface area (Å²) >= 11 is 3.44. The summed E-state index contributed by atoms with van der Waals surface area (Å²) in [4.78, 5) is 0. The van der Waals surface area contributed by atoms with Gasteiger partial charge in [0, 0.05) is 32.3 Å². The second-order valence-corrected chi connectivity index (χ2v) is 7.48. The molecule has 22 heavy (non-hydrogen) atoms. The van der Waals surface area contributed by atoms with Gasteiger partial charge in [0.1, 0.15) is 5.75 Å². The van der Waals surface area contributed by atoms with E-state index in [4.69, 9.17) is 4.74 Å². The molecule has 1 unspecified atom stereocenters. The minimum atomic E-state index is -1.33. The van der Waals surface area contributed by atoms with E-state index in [1.807, 2.05) is 32.0 Å². The maximum atomic E-state index is 11.5. The summed E-state index contributed by atoms with van der Waals surface area (Å²) in [6.07, 6.45) is 1.96. The monoisotopic (exact) mass is 364 g/mol. The Hall–Kier alpha value is -1.59. The molecule has 2 N–H and O–H groups in total. The molecule has 0 spiro atoms. The van der Waals surface area contributed by atoms with Crippen molar-refractivity contribution in [3.8, 4) is 5.75 Å². The zero-order chi connectivity index (χ0) is 16.0. The number of rotatable bonds is 1. The molecule has 3 rings (SSSR count). The molecule has 0 bridgehead atoms. The van der Waals surface area contributed by atoms with E-state index in [2.05, 4.69) is 15.9 Å². The predicted molar refractivity (Wildman–Crippen MR) is 84.9 cm³/mol. The van der Waals surface area contributed by atoms with Crippen LogP contribution >= 0.6 is 15.9 Å². The van der Waals surface area contributed by atoms with E-state index in [1.54, 1.807) is 18.2 Å². The van der Waals surface area contributed by atoms with Crippen molar-refractivity contribution in [3.05, 3.63) is 58.3 Å². The Labute approximate surface area is 138 Å². The number of hydrogen-bond acceptors (Lipinski definition) is 3. The van der Waals surface area contributed by atoms with Gasteiger partial charge in [-0.1, -0.05) is 35.8 Å². The zero-order valence-corrected chi connectivity index (χ0v) is 14.2. The Morgan fingerprint density at radius 1 is 1.23 bits per heavy atom. The molecule has 0 amide bonds. The fraction of sp³-hybridized carbons (Fsp3) is 0.353. The first-order chi connectivity index (χ1) is 10.3. The van der Waals surface area contributed by atoms with Crippen LogP contribution in [0.5, 0.6) is 5.75 Å². The van der Waals surface area contributed by atoms with Crippen LogP contribution in [0.2, 0.25) is 0 Å². The largest absolute Gasteiger partial charge is 0.493 e. The number of hydrogen-bond donors (Lipinski definition) is 2. The van der Waals surface area contributed by atoms with Crippen molar-refractivity contribution in [2.24, 2.45) is 5.41 Å². The van der Waals surface area contributed by atoms with Gasteiger partial charge in [0.25, 0.3) is 5.69 Å². The summed E-state index contributed by atoms with van der Waals surface area (Å²) in [6.45, 7) is 4.59. The van der Waals surface area contributed by atoms with Crippen molar-refractivity contribution in [2.75, 3.05) is 6.61 Å². The van der Waals surface area contributed by atoms with E-state index in [9.17, 15) is 10.3 Å². The Balaban J connectivity index is 2.25. The average Bonchev–Trinajstić information content (AvgIpc) is 2.54. The van der Waals surface area contributed by atoms with Gasteiger partial charge in [-0.15, -0.1) is 0 Å². The molecule has 2 heterocycles. The second-order valence-electron chi connectivity index (χ2n) is 6.56. The third kappa shape index (κ3) is 2.59. The molecule has 1 aromatic carbocycles. The van der Waals surface area contributed by atoms with E-state index in [0.29, 0.717) is 30.0 Å². The van der Waals surface area contributed by atoms with Crippen molar-refractivity contribution >= 4 is 15.9 Å². The lowest BCUT2D eigenvalue weighted by Gasteiger charge is -2.30. The van der Waals surface area contributed by atoms with Crippen LogP contribution in [-0.2, 0) is 5.60 Å². The molecule has 0 radical (unpaired) electrons. The molecule has 4 nitrogen and oxygen atoms in total. The summed E-state index contributed by atoms with van der Waals surface area (Å²) in [5, 5.41) is 21.7. The van der Waals surface area contributed by atoms with Crippen molar-refractivity contribution in [1.29, 1.82) is 0 Å². The fourth-order valence-electron chi connectivity index (χ4n) is 3.06. The van der Waals surface area contributed by atoms with Gasteiger partial charge in [-0.05, 0) is 24.6 Å². The summed E-state index contributed by atoms with van der Waals surface area (Å²) in [7, 11) is 0. The first-order valence-corrected chi connectivity index (χ1v) is 7.97. The summed E-state index contributed by atoms with van der Waals surface area (Å²) in [5.74, 6) is 0.631. The Morgan fingerprint density at radius 3 is 2.73 bits per heavy atom. The van der Waals surface area contributed by atoms with Crippen LogP contribution in [0.3, 0.4) is 0 Å². The first-order valence-electron chi connectivity index (χ1n) is 7.17.